The highest BCUT2D eigenvalue weighted by molar-refractivity contribution is 5.92. The Morgan fingerprint density at radius 1 is 0.903 bits per heavy atom. The Morgan fingerprint density at radius 3 is 2.10 bits per heavy atom. The minimum Gasteiger partial charge on any atom is -0.481 e. The fourth-order valence-corrected chi connectivity index (χ4v) is 2.80. The van der Waals surface area contributed by atoms with E-state index in [0.717, 1.165) is 5.56 Å². The summed E-state index contributed by atoms with van der Waals surface area (Å²) >= 11 is 0. The van der Waals surface area contributed by atoms with E-state index in [1.165, 1.54) is 0 Å². The minimum absolute atomic E-state index is 0.0338. The van der Waals surface area contributed by atoms with Crippen molar-refractivity contribution in [2.45, 2.75) is 31.5 Å². The lowest BCUT2D eigenvalue weighted by molar-refractivity contribution is -0.140. The summed E-state index contributed by atoms with van der Waals surface area (Å²) in [7, 11) is 0. The number of hydrogen-bond donors (Lipinski definition) is 3. The molecule has 0 heterocycles. The molecular weight excluding hydrogens is 407 g/mol. The minimum atomic E-state index is -1.49. The van der Waals surface area contributed by atoms with Crippen molar-refractivity contribution in [2.75, 3.05) is 6.67 Å². The maximum atomic E-state index is 12.7. The van der Waals surface area contributed by atoms with Crippen LogP contribution in [0.15, 0.2) is 60.7 Å². The molecule has 0 saturated carbocycles. The van der Waals surface area contributed by atoms with E-state index >= 15 is 0 Å². The first kappa shape index (κ1) is 23.5. The summed E-state index contributed by atoms with van der Waals surface area (Å²) in [6.45, 7) is -1.36. The van der Waals surface area contributed by atoms with Gasteiger partial charge in [0.1, 0.15) is 19.3 Å². The van der Waals surface area contributed by atoms with Crippen LogP contribution in [0.25, 0.3) is 0 Å². The van der Waals surface area contributed by atoms with Crippen molar-refractivity contribution in [2.24, 2.45) is 0 Å². The first-order valence-corrected chi connectivity index (χ1v) is 9.51. The van der Waals surface area contributed by atoms with Gasteiger partial charge in [0, 0.05) is 0 Å². The smallest absolute Gasteiger partial charge is 0.407 e. The van der Waals surface area contributed by atoms with E-state index in [-0.39, 0.29) is 13.0 Å². The zero-order valence-corrected chi connectivity index (χ0v) is 16.6. The molecule has 2 aromatic carbocycles. The van der Waals surface area contributed by atoms with Crippen molar-refractivity contribution in [3.63, 3.8) is 0 Å². The summed E-state index contributed by atoms with van der Waals surface area (Å²) in [5.74, 6) is -3.11. The highest BCUT2D eigenvalue weighted by Crippen LogP contribution is 2.17. The number of rotatable bonds is 11. The normalized spacial score (nSPS) is 12.3. The Kier molecular flexibility index (Phi) is 9.15. The number of aliphatic carboxylic acids is 1. The molecule has 3 N–H and O–H groups in total. The van der Waals surface area contributed by atoms with Crippen LogP contribution < -0.4 is 10.6 Å². The topological polar surface area (TPSA) is 122 Å². The van der Waals surface area contributed by atoms with Crippen LogP contribution in [0.5, 0.6) is 0 Å². The molecule has 2 unspecified atom stereocenters. The lowest BCUT2D eigenvalue weighted by atomic mass is 10.0. The molecule has 0 bridgehead atoms. The van der Waals surface area contributed by atoms with Gasteiger partial charge in [0.05, 0.1) is 18.9 Å². The molecule has 0 aromatic heterocycles. The number of ketones is 1. The Hall–Kier alpha value is -3.75. The van der Waals surface area contributed by atoms with Crippen LogP contribution in [0.1, 0.15) is 30.0 Å². The SMILES string of the molecule is O=C(O)CC(NC(=O)CC(NC(=O)OCc1ccccc1)c1ccccc1)C(=O)CF. The lowest BCUT2D eigenvalue weighted by Gasteiger charge is -2.20. The zero-order chi connectivity index (χ0) is 22.6. The second kappa shape index (κ2) is 12.1. The van der Waals surface area contributed by atoms with Crippen LogP contribution in [-0.2, 0) is 25.7 Å². The van der Waals surface area contributed by atoms with Gasteiger partial charge in [0.15, 0.2) is 5.78 Å². The van der Waals surface area contributed by atoms with Gasteiger partial charge in [-0.3, -0.25) is 14.4 Å². The zero-order valence-electron chi connectivity index (χ0n) is 16.6. The first-order chi connectivity index (χ1) is 14.9. The number of carboxylic acid groups (broad SMARTS) is 1. The highest BCUT2D eigenvalue weighted by atomic mass is 19.1. The number of carboxylic acids is 1. The number of alkyl carbamates (subject to hydrolysis) is 1. The summed E-state index contributed by atoms with van der Waals surface area (Å²) < 4.78 is 17.9. The fourth-order valence-electron chi connectivity index (χ4n) is 2.80. The van der Waals surface area contributed by atoms with Gasteiger partial charge in [-0.05, 0) is 11.1 Å². The van der Waals surface area contributed by atoms with Crippen LogP contribution in [0.2, 0.25) is 0 Å². The third-order valence-corrected chi connectivity index (χ3v) is 4.33. The van der Waals surface area contributed by atoms with E-state index < -0.39 is 48.9 Å². The number of hydrogen-bond acceptors (Lipinski definition) is 5. The van der Waals surface area contributed by atoms with Gasteiger partial charge < -0.3 is 20.5 Å². The van der Waals surface area contributed by atoms with Gasteiger partial charge in [0.2, 0.25) is 5.91 Å². The summed E-state index contributed by atoms with van der Waals surface area (Å²) in [4.78, 5) is 47.2. The maximum Gasteiger partial charge on any atom is 0.407 e. The molecule has 0 saturated heterocycles. The van der Waals surface area contributed by atoms with E-state index in [4.69, 9.17) is 9.84 Å². The van der Waals surface area contributed by atoms with E-state index in [2.05, 4.69) is 10.6 Å². The van der Waals surface area contributed by atoms with Crippen molar-refractivity contribution in [3.05, 3.63) is 71.8 Å². The Balaban J connectivity index is 2.04. The average molecular weight is 430 g/mol. The summed E-state index contributed by atoms with van der Waals surface area (Å²) in [6.07, 6.45) is -1.80. The quantitative estimate of drug-likeness (QED) is 0.504. The molecule has 2 aromatic rings. The molecule has 0 aliphatic heterocycles. The van der Waals surface area contributed by atoms with Gasteiger partial charge in [-0.1, -0.05) is 60.7 Å². The Morgan fingerprint density at radius 2 is 1.52 bits per heavy atom. The van der Waals surface area contributed by atoms with Gasteiger partial charge in [0.25, 0.3) is 0 Å². The average Bonchev–Trinajstić information content (AvgIpc) is 2.77. The number of carbonyl (C=O) groups is 4. The third-order valence-electron chi connectivity index (χ3n) is 4.33. The molecule has 0 fully saturated rings. The van der Waals surface area contributed by atoms with Crippen molar-refractivity contribution in [1.82, 2.24) is 10.6 Å². The van der Waals surface area contributed by atoms with Crippen LogP contribution in [-0.4, -0.2) is 41.6 Å². The maximum absolute atomic E-state index is 12.7. The molecule has 0 aliphatic carbocycles. The van der Waals surface area contributed by atoms with Gasteiger partial charge in [-0.25, -0.2) is 9.18 Å². The van der Waals surface area contributed by atoms with Crippen molar-refractivity contribution in [1.29, 1.82) is 0 Å². The predicted molar refractivity (Wildman–Crippen MR) is 109 cm³/mol. The number of amides is 2. The van der Waals surface area contributed by atoms with Gasteiger partial charge in [-0.2, -0.15) is 0 Å². The van der Waals surface area contributed by atoms with Crippen LogP contribution in [0.4, 0.5) is 9.18 Å². The second-order valence-corrected chi connectivity index (χ2v) is 6.69. The number of halogens is 1. The standard InChI is InChI=1S/C22H23FN2O6/c23-13-19(26)18(12-21(28)29)24-20(27)11-17(16-9-5-2-6-10-16)25-22(30)31-14-15-7-3-1-4-8-15/h1-10,17-18H,11-14H2,(H,24,27)(H,25,30)(H,28,29). The van der Waals surface area contributed by atoms with Gasteiger partial charge in [-0.15, -0.1) is 0 Å². The van der Waals surface area contributed by atoms with Crippen molar-refractivity contribution in [3.8, 4) is 0 Å². The van der Waals surface area contributed by atoms with Crippen LogP contribution >= 0.6 is 0 Å². The van der Waals surface area contributed by atoms with E-state index in [1.807, 2.05) is 6.07 Å². The van der Waals surface area contributed by atoms with Crippen LogP contribution in [0.3, 0.4) is 0 Å². The van der Waals surface area contributed by atoms with Gasteiger partial charge >= 0.3 is 12.1 Å². The molecule has 2 atom stereocenters. The molecule has 2 amide bonds. The lowest BCUT2D eigenvalue weighted by Crippen LogP contribution is -2.44. The molecule has 31 heavy (non-hydrogen) atoms. The third kappa shape index (κ3) is 8.25. The molecule has 0 aliphatic rings. The Labute approximate surface area is 178 Å². The predicted octanol–water partition coefficient (Wildman–Crippen LogP) is 2.54. The number of benzene rings is 2. The summed E-state index contributed by atoms with van der Waals surface area (Å²) in [5.41, 5.74) is 1.38. The summed E-state index contributed by atoms with van der Waals surface area (Å²) in [5, 5.41) is 13.7. The number of nitrogens with one attached hydrogen (secondary N) is 2. The van der Waals surface area contributed by atoms with Crippen molar-refractivity contribution < 1.29 is 33.4 Å². The van der Waals surface area contributed by atoms with E-state index in [0.29, 0.717) is 5.56 Å². The summed E-state index contributed by atoms with van der Waals surface area (Å²) in [6, 6.07) is 15.3. The monoisotopic (exact) mass is 430 g/mol. The number of Topliss-reactive ketones (excluding diaryl/α,β-unsaturated/α-hetero) is 1. The molecule has 0 spiro atoms. The van der Waals surface area contributed by atoms with E-state index in [1.54, 1.807) is 54.6 Å². The van der Waals surface area contributed by atoms with Crippen LogP contribution in [0, 0.1) is 0 Å². The van der Waals surface area contributed by atoms with E-state index in [9.17, 15) is 23.6 Å². The highest BCUT2D eigenvalue weighted by Gasteiger charge is 2.26. The number of carbonyl (C=O) groups excluding carboxylic acids is 3. The second-order valence-electron chi connectivity index (χ2n) is 6.69. The first-order valence-electron chi connectivity index (χ1n) is 9.51. The molecule has 2 rings (SSSR count). The largest absolute Gasteiger partial charge is 0.481 e. The molecule has 164 valence electrons. The molecular formula is C22H23FN2O6. The Bertz CT molecular complexity index is 891. The molecule has 0 radical (unpaired) electrons. The number of alkyl halides is 1. The fraction of sp³-hybridized carbons (Fsp3) is 0.273. The molecule has 9 heteroatoms. The van der Waals surface area contributed by atoms with Crippen molar-refractivity contribution >= 4 is 23.8 Å². The molecule has 8 nitrogen and oxygen atoms in total. The number of ether oxygens (including phenoxy) is 1.